The molecular formula is C19H18N4OS. The molecule has 3 heterocycles. The van der Waals surface area contributed by atoms with E-state index in [4.69, 9.17) is 0 Å². The lowest BCUT2D eigenvalue weighted by atomic mass is 9.88. The van der Waals surface area contributed by atoms with E-state index in [0.717, 1.165) is 17.0 Å². The van der Waals surface area contributed by atoms with Gasteiger partial charge in [0, 0.05) is 43.2 Å². The summed E-state index contributed by atoms with van der Waals surface area (Å²) < 4.78 is 0. The number of carbonyl (C=O) groups is 1. The summed E-state index contributed by atoms with van der Waals surface area (Å²) >= 11 is 1.47. The normalized spacial score (nSPS) is 19.7. The minimum Gasteiger partial charge on any atom is -0.315 e. The van der Waals surface area contributed by atoms with Gasteiger partial charge < -0.3 is 10.6 Å². The van der Waals surface area contributed by atoms with Crippen molar-refractivity contribution in [3.8, 4) is 10.4 Å². The van der Waals surface area contributed by atoms with E-state index in [-0.39, 0.29) is 17.7 Å². The molecule has 0 bridgehead atoms. The summed E-state index contributed by atoms with van der Waals surface area (Å²) in [4.78, 5) is 22.2. The molecule has 6 heteroatoms. The third kappa shape index (κ3) is 3.45. The van der Waals surface area contributed by atoms with Crippen molar-refractivity contribution >= 4 is 22.4 Å². The van der Waals surface area contributed by atoms with Gasteiger partial charge in [0.15, 0.2) is 5.13 Å². The number of nitrogens with zero attached hydrogens (tertiary/aromatic N) is 2. The van der Waals surface area contributed by atoms with Gasteiger partial charge >= 0.3 is 0 Å². The molecule has 1 aromatic carbocycles. The van der Waals surface area contributed by atoms with E-state index in [9.17, 15) is 4.79 Å². The third-order valence-electron chi connectivity index (χ3n) is 4.46. The van der Waals surface area contributed by atoms with E-state index in [1.807, 2.05) is 30.3 Å². The van der Waals surface area contributed by atoms with Gasteiger partial charge in [0.25, 0.3) is 0 Å². The van der Waals surface area contributed by atoms with Gasteiger partial charge in [-0.2, -0.15) is 0 Å². The van der Waals surface area contributed by atoms with Crippen LogP contribution in [0, 0.1) is 5.92 Å². The van der Waals surface area contributed by atoms with Crippen molar-refractivity contribution in [3.05, 3.63) is 66.6 Å². The number of rotatable bonds is 4. The van der Waals surface area contributed by atoms with Crippen molar-refractivity contribution in [2.45, 2.75) is 5.92 Å². The lowest BCUT2D eigenvalue weighted by molar-refractivity contribution is -0.119. The van der Waals surface area contributed by atoms with Gasteiger partial charge in [0.1, 0.15) is 0 Å². The van der Waals surface area contributed by atoms with Crippen molar-refractivity contribution in [1.82, 2.24) is 15.3 Å². The van der Waals surface area contributed by atoms with Gasteiger partial charge in [-0.3, -0.25) is 9.78 Å². The first-order valence-electron chi connectivity index (χ1n) is 8.24. The molecule has 5 nitrogen and oxygen atoms in total. The highest BCUT2D eigenvalue weighted by Crippen LogP contribution is 2.31. The molecule has 0 saturated carbocycles. The number of hydrogen-bond donors (Lipinski definition) is 2. The lowest BCUT2D eigenvalue weighted by Crippen LogP contribution is -2.28. The Bertz CT molecular complexity index is 850. The van der Waals surface area contributed by atoms with E-state index in [1.54, 1.807) is 18.6 Å². The average molecular weight is 350 g/mol. The van der Waals surface area contributed by atoms with E-state index in [2.05, 4.69) is 32.7 Å². The molecule has 0 spiro atoms. The summed E-state index contributed by atoms with van der Waals surface area (Å²) in [6.07, 6.45) is 5.31. The molecule has 1 saturated heterocycles. The van der Waals surface area contributed by atoms with Crippen molar-refractivity contribution in [2.24, 2.45) is 5.92 Å². The molecule has 4 rings (SSSR count). The molecule has 1 aliphatic heterocycles. The number of anilines is 1. The maximum atomic E-state index is 12.7. The molecule has 25 heavy (non-hydrogen) atoms. The summed E-state index contributed by atoms with van der Waals surface area (Å²) in [6, 6.07) is 14.1. The average Bonchev–Trinajstić information content (AvgIpc) is 3.33. The zero-order valence-electron chi connectivity index (χ0n) is 13.6. The maximum absolute atomic E-state index is 12.7. The number of aromatic nitrogens is 2. The first kappa shape index (κ1) is 15.9. The van der Waals surface area contributed by atoms with Crippen LogP contribution in [0.25, 0.3) is 10.4 Å². The number of pyridine rings is 1. The highest BCUT2D eigenvalue weighted by molar-refractivity contribution is 7.19. The highest BCUT2D eigenvalue weighted by atomic mass is 32.1. The summed E-state index contributed by atoms with van der Waals surface area (Å²) in [5.74, 6) is 0.123. The Balaban J connectivity index is 1.48. The fourth-order valence-corrected chi connectivity index (χ4v) is 3.99. The molecular weight excluding hydrogens is 332 g/mol. The van der Waals surface area contributed by atoms with Gasteiger partial charge in [-0.05, 0) is 11.6 Å². The summed E-state index contributed by atoms with van der Waals surface area (Å²) in [7, 11) is 0. The second-order valence-corrected chi connectivity index (χ2v) is 7.07. The van der Waals surface area contributed by atoms with Gasteiger partial charge in [0.2, 0.25) is 5.91 Å². The number of nitrogens with one attached hydrogen (secondary N) is 2. The molecule has 0 aliphatic carbocycles. The van der Waals surface area contributed by atoms with Crippen LogP contribution in [0.1, 0.15) is 11.5 Å². The number of carbonyl (C=O) groups excluding carboxylic acids is 1. The quantitative estimate of drug-likeness (QED) is 0.759. The maximum Gasteiger partial charge on any atom is 0.231 e. The van der Waals surface area contributed by atoms with E-state index >= 15 is 0 Å². The molecule has 2 unspecified atom stereocenters. The third-order valence-corrected chi connectivity index (χ3v) is 5.42. The SMILES string of the molecule is O=C(Nc1ncc(-c2cccnc2)s1)C1CNCC1c1ccccc1. The fourth-order valence-electron chi connectivity index (χ4n) is 3.18. The number of hydrogen-bond acceptors (Lipinski definition) is 5. The van der Waals surface area contributed by atoms with Crippen molar-refractivity contribution in [1.29, 1.82) is 0 Å². The topological polar surface area (TPSA) is 66.9 Å². The van der Waals surface area contributed by atoms with Crippen molar-refractivity contribution < 1.29 is 4.79 Å². The Labute approximate surface area is 150 Å². The number of benzene rings is 1. The van der Waals surface area contributed by atoms with Crippen LogP contribution in [0.3, 0.4) is 0 Å². The monoisotopic (exact) mass is 350 g/mol. The van der Waals surface area contributed by atoms with Crippen LogP contribution in [0.2, 0.25) is 0 Å². The van der Waals surface area contributed by atoms with Crippen LogP contribution in [-0.2, 0) is 4.79 Å². The number of thiazole rings is 1. The smallest absolute Gasteiger partial charge is 0.231 e. The van der Waals surface area contributed by atoms with Crippen molar-refractivity contribution in [2.75, 3.05) is 18.4 Å². The van der Waals surface area contributed by atoms with Crippen LogP contribution in [0.15, 0.2) is 61.1 Å². The van der Waals surface area contributed by atoms with Crippen LogP contribution in [-0.4, -0.2) is 29.0 Å². The van der Waals surface area contributed by atoms with Crippen LogP contribution in [0.4, 0.5) is 5.13 Å². The first-order chi connectivity index (χ1) is 12.3. The summed E-state index contributed by atoms with van der Waals surface area (Å²) in [6.45, 7) is 1.51. The van der Waals surface area contributed by atoms with Crippen LogP contribution >= 0.6 is 11.3 Å². The molecule has 0 radical (unpaired) electrons. The molecule has 2 atom stereocenters. The molecule has 126 valence electrons. The lowest BCUT2D eigenvalue weighted by Gasteiger charge is -2.17. The molecule has 2 aromatic heterocycles. The Morgan fingerprint density at radius 2 is 2.00 bits per heavy atom. The van der Waals surface area contributed by atoms with E-state index < -0.39 is 0 Å². The Morgan fingerprint density at radius 1 is 1.12 bits per heavy atom. The summed E-state index contributed by atoms with van der Waals surface area (Å²) in [5.41, 5.74) is 2.20. The van der Waals surface area contributed by atoms with Gasteiger partial charge in [0.05, 0.1) is 10.8 Å². The zero-order valence-corrected chi connectivity index (χ0v) is 14.4. The Kier molecular flexibility index (Phi) is 4.54. The van der Waals surface area contributed by atoms with E-state index in [0.29, 0.717) is 11.7 Å². The fraction of sp³-hybridized carbons (Fsp3) is 0.211. The van der Waals surface area contributed by atoms with Crippen molar-refractivity contribution in [3.63, 3.8) is 0 Å². The highest BCUT2D eigenvalue weighted by Gasteiger charge is 2.34. The standard InChI is InChI=1S/C19H18N4OS/c24-18(16-11-21-10-15(16)13-5-2-1-3-6-13)23-19-22-12-17(25-19)14-7-4-8-20-9-14/h1-9,12,15-16,21H,10-11H2,(H,22,23,24). The minimum atomic E-state index is -0.0897. The predicted molar refractivity (Wildman–Crippen MR) is 99.5 cm³/mol. The zero-order chi connectivity index (χ0) is 17.1. The van der Waals surface area contributed by atoms with Crippen LogP contribution < -0.4 is 10.6 Å². The minimum absolute atomic E-state index is 0.0194. The first-order valence-corrected chi connectivity index (χ1v) is 9.05. The molecule has 1 fully saturated rings. The molecule has 2 N–H and O–H groups in total. The number of amides is 1. The van der Waals surface area contributed by atoms with E-state index in [1.165, 1.54) is 16.9 Å². The van der Waals surface area contributed by atoms with Gasteiger partial charge in [-0.15, -0.1) is 0 Å². The largest absolute Gasteiger partial charge is 0.315 e. The predicted octanol–water partition coefficient (Wildman–Crippen LogP) is 3.15. The van der Waals surface area contributed by atoms with Gasteiger partial charge in [-0.1, -0.05) is 47.7 Å². The molecule has 1 amide bonds. The summed E-state index contributed by atoms with van der Waals surface area (Å²) in [5, 5.41) is 6.94. The Hall–Kier alpha value is -2.57. The second-order valence-electron chi connectivity index (χ2n) is 6.04. The second kappa shape index (κ2) is 7.13. The molecule has 3 aromatic rings. The Morgan fingerprint density at radius 3 is 2.80 bits per heavy atom. The van der Waals surface area contributed by atoms with Crippen LogP contribution in [0.5, 0.6) is 0 Å². The molecule has 1 aliphatic rings. The van der Waals surface area contributed by atoms with Gasteiger partial charge in [-0.25, -0.2) is 4.98 Å².